The van der Waals surface area contributed by atoms with Crippen molar-refractivity contribution < 1.29 is 23.6 Å². The second-order valence-corrected chi connectivity index (χ2v) is 7.20. The van der Waals surface area contributed by atoms with E-state index in [1.165, 1.54) is 0 Å². The predicted octanol–water partition coefficient (Wildman–Crippen LogP) is 2.73. The zero-order chi connectivity index (χ0) is 20.8. The number of fused-ring (bicyclic) bond motifs is 1. The summed E-state index contributed by atoms with van der Waals surface area (Å²) in [7, 11) is 3.62. The average Bonchev–Trinajstić information content (AvgIpc) is 3.13. The van der Waals surface area contributed by atoms with Crippen LogP contribution in [-0.2, 0) is 11.3 Å². The first-order valence-corrected chi connectivity index (χ1v) is 9.89. The van der Waals surface area contributed by atoms with Crippen LogP contribution in [0.5, 0.6) is 11.5 Å². The lowest BCUT2D eigenvalue weighted by molar-refractivity contribution is -0.885. The normalized spacial score (nSPS) is 13.1. The average molecular weight is 397 g/mol. The van der Waals surface area contributed by atoms with Crippen molar-refractivity contribution in [3.05, 3.63) is 59.9 Å². The van der Waals surface area contributed by atoms with E-state index in [1.54, 1.807) is 7.11 Å². The third-order valence-electron chi connectivity index (χ3n) is 4.74. The van der Waals surface area contributed by atoms with Gasteiger partial charge in [0.15, 0.2) is 18.0 Å². The number of rotatable bonds is 9. The van der Waals surface area contributed by atoms with Gasteiger partial charge in [-0.3, -0.25) is 4.79 Å². The predicted molar refractivity (Wildman–Crippen MR) is 112 cm³/mol. The maximum atomic E-state index is 12.5. The summed E-state index contributed by atoms with van der Waals surface area (Å²) in [4.78, 5) is 13.6. The number of hydrogen-bond acceptors (Lipinski definition) is 4. The van der Waals surface area contributed by atoms with Crippen molar-refractivity contribution in [3.63, 3.8) is 0 Å². The molecule has 0 radical (unpaired) electrons. The standard InChI is InChI=1S/C23H28N2O4/c1-5-28-20-11-10-17(12-22(20)27-4)14-25(3)15-23(26)24-16(2)21-13-18-8-6-7-9-19(18)29-21/h6-13,16H,5,14-15H2,1-4H3,(H,24,26)/p+1/t16-/m1/s1. The third kappa shape index (κ3) is 5.29. The van der Waals surface area contributed by atoms with E-state index in [1.807, 2.05) is 69.4 Å². The maximum absolute atomic E-state index is 12.5. The van der Waals surface area contributed by atoms with Gasteiger partial charge in [-0.05, 0) is 44.2 Å². The van der Waals surface area contributed by atoms with Crippen LogP contribution >= 0.6 is 0 Å². The Morgan fingerprint density at radius 2 is 1.97 bits per heavy atom. The molecule has 2 N–H and O–H groups in total. The number of hydrogen-bond donors (Lipinski definition) is 2. The van der Waals surface area contributed by atoms with Gasteiger partial charge in [0.25, 0.3) is 5.91 Å². The summed E-state index contributed by atoms with van der Waals surface area (Å²) in [5.41, 5.74) is 1.91. The van der Waals surface area contributed by atoms with Crippen molar-refractivity contribution in [3.8, 4) is 11.5 Å². The van der Waals surface area contributed by atoms with E-state index in [9.17, 15) is 4.79 Å². The smallest absolute Gasteiger partial charge is 0.275 e. The summed E-state index contributed by atoms with van der Waals surface area (Å²) in [6.45, 7) is 5.53. The number of methoxy groups -OCH3 is 1. The highest BCUT2D eigenvalue weighted by atomic mass is 16.5. The molecule has 0 aliphatic carbocycles. The number of ether oxygens (including phenoxy) is 2. The number of nitrogens with one attached hydrogen (secondary N) is 2. The zero-order valence-corrected chi connectivity index (χ0v) is 17.5. The minimum atomic E-state index is -0.187. The number of para-hydroxylation sites is 1. The first-order valence-electron chi connectivity index (χ1n) is 9.89. The molecular weight excluding hydrogens is 368 g/mol. The highest BCUT2D eigenvalue weighted by Gasteiger charge is 2.17. The van der Waals surface area contributed by atoms with E-state index >= 15 is 0 Å². The second-order valence-electron chi connectivity index (χ2n) is 7.20. The van der Waals surface area contributed by atoms with Crippen molar-refractivity contribution >= 4 is 16.9 Å². The Morgan fingerprint density at radius 3 is 2.69 bits per heavy atom. The number of amides is 1. The Bertz CT molecular complexity index is 933. The van der Waals surface area contributed by atoms with Gasteiger partial charge in [0.2, 0.25) is 0 Å². The number of furan rings is 1. The van der Waals surface area contributed by atoms with E-state index in [0.717, 1.165) is 32.9 Å². The summed E-state index contributed by atoms with van der Waals surface area (Å²) >= 11 is 0. The van der Waals surface area contributed by atoms with Crippen molar-refractivity contribution in [2.24, 2.45) is 0 Å². The molecule has 29 heavy (non-hydrogen) atoms. The van der Waals surface area contributed by atoms with E-state index in [4.69, 9.17) is 13.9 Å². The molecule has 1 amide bonds. The van der Waals surface area contributed by atoms with Gasteiger partial charge in [0.1, 0.15) is 17.9 Å². The summed E-state index contributed by atoms with van der Waals surface area (Å²) in [6, 6.07) is 15.5. The van der Waals surface area contributed by atoms with Crippen LogP contribution in [0, 0.1) is 0 Å². The lowest BCUT2D eigenvalue weighted by Crippen LogP contribution is -3.08. The number of carbonyl (C=O) groups excluding carboxylic acids is 1. The van der Waals surface area contributed by atoms with Crippen LogP contribution in [0.25, 0.3) is 11.0 Å². The van der Waals surface area contributed by atoms with E-state index in [0.29, 0.717) is 25.4 Å². The molecule has 3 aromatic rings. The molecule has 0 saturated carbocycles. The molecule has 0 spiro atoms. The van der Waals surface area contributed by atoms with Gasteiger partial charge >= 0.3 is 0 Å². The van der Waals surface area contributed by atoms with Gasteiger partial charge in [-0.25, -0.2) is 0 Å². The lowest BCUT2D eigenvalue weighted by Gasteiger charge is -2.17. The second kappa shape index (κ2) is 9.47. The Balaban J connectivity index is 1.56. The topological polar surface area (TPSA) is 65.1 Å². The first kappa shape index (κ1) is 20.7. The van der Waals surface area contributed by atoms with Gasteiger partial charge in [0.05, 0.1) is 26.8 Å². The van der Waals surface area contributed by atoms with E-state index in [2.05, 4.69) is 5.32 Å². The largest absolute Gasteiger partial charge is 0.493 e. The Hall–Kier alpha value is -2.99. The van der Waals surface area contributed by atoms with Gasteiger partial charge in [0, 0.05) is 10.9 Å². The molecular formula is C23H29N2O4+. The summed E-state index contributed by atoms with van der Waals surface area (Å²) in [5, 5.41) is 4.06. The van der Waals surface area contributed by atoms with Crippen LogP contribution < -0.4 is 19.7 Å². The van der Waals surface area contributed by atoms with Crippen molar-refractivity contribution in [2.75, 3.05) is 27.3 Å². The number of quaternary nitrogens is 1. The van der Waals surface area contributed by atoms with Crippen LogP contribution in [0.1, 0.15) is 31.2 Å². The minimum Gasteiger partial charge on any atom is -0.493 e. The molecule has 0 saturated heterocycles. The van der Waals surface area contributed by atoms with Gasteiger partial charge < -0.3 is 24.1 Å². The molecule has 6 nitrogen and oxygen atoms in total. The van der Waals surface area contributed by atoms with E-state index < -0.39 is 0 Å². The molecule has 1 unspecified atom stereocenters. The summed E-state index contributed by atoms with van der Waals surface area (Å²) < 4.78 is 16.8. The van der Waals surface area contributed by atoms with Crippen molar-refractivity contribution in [1.82, 2.24) is 5.32 Å². The highest BCUT2D eigenvalue weighted by Crippen LogP contribution is 2.27. The number of carbonyl (C=O) groups is 1. The minimum absolute atomic E-state index is 0.0200. The monoisotopic (exact) mass is 397 g/mol. The molecule has 0 aliphatic rings. The molecule has 2 aromatic carbocycles. The first-order chi connectivity index (χ1) is 14.0. The SMILES string of the molecule is CCOc1ccc(C[NH+](C)CC(=O)N[C@H](C)c2cc3ccccc3o2)cc1OC. The quantitative estimate of drug-likeness (QED) is 0.583. The molecule has 1 aromatic heterocycles. The zero-order valence-electron chi connectivity index (χ0n) is 17.5. The molecule has 0 bridgehead atoms. The molecule has 2 atom stereocenters. The maximum Gasteiger partial charge on any atom is 0.275 e. The molecule has 3 rings (SSSR count). The summed E-state index contributed by atoms with van der Waals surface area (Å²) in [6.07, 6.45) is 0. The fourth-order valence-corrected chi connectivity index (χ4v) is 3.36. The van der Waals surface area contributed by atoms with Crippen LogP contribution in [0.2, 0.25) is 0 Å². The highest BCUT2D eigenvalue weighted by molar-refractivity contribution is 5.79. The molecule has 0 fully saturated rings. The molecule has 6 heteroatoms. The van der Waals surface area contributed by atoms with Crippen LogP contribution in [0.15, 0.2) is 52.9 Å². The van der Waals surface area contributed by atoms with E-state index in [-0.39, 0.29) is 11.9 Å². The van der Waals surface area contributed by atoms with Gasteiger partial charge in [-0.1, -0.05) is 18.2 Å². The van der Waals surface area contributed by atoms with Gasteiger partial charge in [-0.15, -0.1) is 0 Å². The fraction of sp³-hybridized carbons (Fsp3) is 0.348. The lowest BCUT2D eigenvalue weighted by atomic mass is 10.2. The molecule has 154 valence electrons. The third-order valence-corrected chi connectivity index (χ3v) is 4.74. The summed E-state index contributed by atoms with van der Waals surface area (Å²) in [5.74, 6) is 2.18. The van der Waals surface area contributed by atoms with Crippen molar-refractivity contribution in [2.45, 2.75) is 26.4 Å². The van der Waals surface area contributed by atoms with Crippen LogP contribution in [0.4, 0.5) is 0 Å². The fourth-order valence-electron chi connectivity index (χ4n) is 3.36. The van der Waals surface area contributed by atoms with Crippen molar-refractivity contribution in [1.29, 1.82) is 0 Å². The molecule has 1 heterocycles. The van der Waals surface area contributed by atoms with Crippen LogP contribution in [0.3, 0.4) is 0 Å². The Morgan fingerprint density at radius 1 is 1.17 bits per heavy atom. The Labute approximate surface area is 171 Å². The number of likely N-dealkylation sites (N-methyl/N-ethyl adjacent to an activating group) is 1. The molecule has 0 aliphatic heterocycles. The Kier molecular flexibility index (Phi) is 6.77. The van der Waals surface area contributed by atoms with Gasteiger partial charge in [-0.2, -0.15) is 0 Å². The number of benzene rings is 2. The van der Waals surface area contributed by atoms with Crippen LogP contribution in [-0.4, -0.2) is 33.2 Å².